The summed E-state index contributed by atoms with van der Waals surface area (Å²) in [6.45, 7) is 5.60. The van der Waals surface area contributed by atoms with Gasteiger partial charge < -0.3 is 0 Å². The Kier molecular flexibility index (Phi) is 2.79. The van der Waals surface area contributed by atoms with Crippen LogP contribution in [0.3, 0.4) is 0 Å². The molecule has 0 aliphatic heterocycles. The van der Waals surface area contributed by atoms with E-state index in [1.54, 1.807) is 31.2 Å². The zero-order valence-corrected chi connectivity index (χ0v) is 10.8. The van der Waals surface area contributed by atoms with Gasteiger partial charge in [-0.05, 0) is 50.1 Å². The molecular weight excluding hydrogens is 236 g/mol. The Bertz CT molecular complexity index is 657. The Morgan fingerprint density at radius 1 is 1.06 bits per heavy atom. The van der Waals surface area contributed by atoms with Crippen LogP contribution >= 0.6 is 0 Å². The molecule has 0 saturated carbocycles. The van der Waals surface area contributed by atoms with Crippen molar-refractivity contribution in [3.05, 3.63) is 47.3 Å². The van der Waals surface area contributed by atoms with Gasteiger partial charge in [-0.25, -0.2) is 0 Å². The Morgan fingerprint density at radius 3 is 2.29 bits per heavy atom. The van der Waals surface area contributed by atoms with E-state index in [0.29, 0.717) is 5.69 Å². The maximum absolute atomic E-state index is 12.2. The zero-order chi connectivity index (χ0) is 12.6. The molecule has 0 radical (unpaired) electrons. The van der Waals surface area contributed by atoms with Crippen molar-refractivity contribution < 1.29 is 8.42 Å². The molecule has 0 unspecified atom stereocenters. The van der Waals surface area contributed by atoms with E-state index in [0.717, 1.165) is 15.2 Å². The fourth-order valence-electron chi connectivity index (χ4n) is 1.51. The molecule has 0 amide bonds. The molecular formula is C12H14N2O2S. The molecule has 0 fully saturated rings. The van der Waals surface area contributed by atoms with Crippen molar-refractivity contribution in [1.82, 2.24) is 9.19 Å². The maximum atomic E-state index is 12.2. The van der Waals surface area contributed by atoms with Gasteiger partial charge in [0.05, 0.1) is 10.6 Å². The van der Waals surface area contributed by atoms with Crippen LogP contribution in [0.4, 0.5) is 0 Å². The molecule has 1 aromatic carbocycles. The molecule has 0 bridgehead atoms. The van der Waals surface area contributed by atoms with E-state index in [2.05, 4.69) is 5.10 Å². The van der Waals surface area contributed by atoms with Gasteiger partial charge in [-0.2, -0.15) is 17.6 Å². The molecule has 0 aliphatic rings. The molecule has 1 aromatic heterocycles. The molecule has 2 rings (SSSR count). The summed E-state index contributed by atoms with van der Waals surface area (Å²) in [5.74, 6) is 0. The first-order valence-corrected chi connectivity index (χ1v) is 6.70. The second-order valence-electron chi connectivity index (χ2n) is 4.08. The topological polar surface area (TPSA) is 52.0 Å². The number of hydrogen-bond donors (Lipinski definition) is 0. The first-order valence-electron chi connectivity index (χ1n) is 5.26. The Morgan fingerprint density at radius 2 is 1.76 bits per heavy atom. The number of benzene rings is 1. The average Bonchev–Trinajstić information content (AvgIpc) is 2.69. The first-order chi connectivity index (χ1) is 7.91. The predicted molar refractivity (Wildman–Crippen MR) is 65.5 cm³/mol. The Labute approximate surface area is 101 Å². The van der Waals surface area contributed by atoms with E-state index >= 15 is 0 Å². The second kappa shape index (κ2) is 4.00. The highest BCUT2D eigenvalue weighted by Crippen LogP contribution is 2.17. The van der Waals surface area contributed by atoms with Crippen LogP contribution in [0.15, 0.2) is 35.4 Å². The molecule has 1 heterocycles. The fraction of sp³-hybridized carbons (Fsp3) is 0.250. The Balaban J connectivity index is 2.56. The predicted octanol–water partition coefficient (Wildman–Crippen LogP) is 2.05. The van der Waals surface area contributed by atoms with Gasteiger partial charge >= 0.3 is 0 Å². The van der Waals surface area contributed by atoms with Gasteiger partial charge in [0.15, 0.2) is 0 Å². The van der Waals surface area contributed by atoms with E-state index in [-0.39, 0.29) is 4.90 Å². The summed E-state index contributed by atoms with van der Waals surface area (Å²) in [6.07, 6.45) is 1.46. The second-order valence-corrected chi connectivity index (χ2v) is 5.88. The summed E-state index contributed by atoms with van der Waals surface area (Å²) in [4.78, 5) is 0.267. The molecule has 0 aliphatic carbocycles. The maximum Gasteiger partial charge on any atom is 0.282 e. The minimum Gasteiger partial charge on any atom is -0.199 e. The van der Waals surface area contributed by atoms with E-state index in [1.807, 2.05) is 13.8 Å². The molecule has 2 aromatic rings. The minimum atomic E-state index is -3.55. The van der Waals surface area contributed by atoms with Gasteiger partial charge in [-0.15, -0.1) is 0 Å². The van der Waals surface area contributed by atoms with E-state index < -0.39 is 10.0 Å². The van der Waals surface area contributed by atoms with E-state index in [4.69, 9.17) is 0 Å². The van der Waals surface area contributed by atoms with Gasteiger partial charge in [-0.1, -0.05) is 6.07 Å². The molecule has 0 saturated heterocycles. The normalized spacial score (nSPS) is 11.7. The number of nitrogens with zero attached hydrogens (tertiary/aromatic N) is 2. The van der Waals surface area contributed by atoms with Crippen molar-refractivity contribution in [2.45, 2.75) is 25.7 Å². The highest BCUT2D eigenvalue weighted by atomic mass is 32.2. The van der Waals surface area contributed by atoms with Crippen LogP contribution in [0.25, 0.3) is 0 Å². The third-order valence-electron chi connectivity index (χ3n) is 2.72. The lowest BCUT2D eigenvalue weighted by Crippen LogP contribution is -2.14. The third-order valence-corrected chi connectivity index (χ3v) is 4.27. The lowest BCUT2D eigenvalue weighted by atomic mass is 10.1. The van der Waals surface area contributed by atoms with Crippen molar-refractivity contribution >= 4 is 10.0 Å². The summed E-state index contributed by atoms with van der Waals surface area (Å²) in [5.41, 5.74) is 2.70. The molecule has 0 N–H and O–H groups in total. The zero-order valence-electron chi connectivity index (χ0n) is 10.0. The number of rotatable bonds is 2. The van der Waals surface area contributed by atoms with Gasteiger partial charge in [-0.3, -0.25) is 0 Å². The van der Waals surface area contributed by atoms with Crippen molar-refractivity contribution in [3.8, 4) is 0 Å². The molecule has 5 heteroatoms. The standard InChI is InChI=1S/C12H14N2O2S/c1-9-4-5-12(8-10(9)2)17(15,16)14-7-6-11(3)13-14/h4-8H,1-3H3. The van der Waals surface area contributed by atoms with Crippen molar-refractivity contribution in [2.75, 3.05) is 0 Å². The highest BCUT2D eigenvalue weighted by Gasteiger charge is 2.17. The lowest BCUT2D eigenvalue weighted by molar-refractivity contribution is 0.579. The molecule has 0 atom stereocenters. The van der Waals surface area contributed by atoms with Gasteiger partial charge in [0.2, 0.25) is 0 Å². The van der Waals surface area contributed by atoms with Crippen LogP contribution in [0.2, 0.25) is 0 Å². The van der Waals surface area contributed by atoms with E-state index in [1.165, 1.54) is 6.20 Å². The average molecular weight is 250 g/mol. The smallest absolute Gasteiger partial charge is 0.199 e. The van der Waals surface area contributed by atoms with Crippen LogP contribution in [-0.2, 0) is 10.0 Å². The quantitative estimate of drug-likeness (QED) is 0.819. The number of aryl methyl sites for hydroxylation is 3. The highest BCUT2D eigenvalue weighted by molar-refractivity contribution is 7.89. The molecule has 17 heavy (non-hydrogen) atoms. The summed E-state index contributed by atoms with van der Waals surface area (Å²) >= 11 is 0. The SMILES string of the molecule is Cc1ccn(S(=O)(=O)c2ccc(C)c(C)c2)n1. The number of hydrogen-bond acceptors (Lipinski definition) is 3. The van der Waals surface area contributed by atoms with Gasteiger partial charge in [0, 0.05) is 6.20 Å². The van der Waals surface area contributed by atoms with Crippen molar-refractivity contribution in [1.29, 1.82) is 0 Å². The fourth-order valence-corrected chi connectivity index (χ4v) is 2.75. The Hall–Kier alpha value is -1.62. The van der Waals surface area contributed by atoms with Gasteiger partial charge in [0.25, 0.3) is 10.0 Å². The summed E-state index contributed by atoms with van der Waals surface area (Å²) in [7, 11) is -3.55. The van der Waals surface area contributed by atoms with E-state index in [9.17, 15) is 8.42 Å². The number of aromatic nitrogens is 2. The van der Waals surface area contributed by atoms with Crippen molar-refractivity contribution in [3.63, 3.8) is 0 Å². The van der Waals surface area contributed by atoms with Crippen LogP contribution in [0.5, 0.6) is 0 Å². The summed E-state index contributed by atoms with van der Waals surface area (Å²) < 4.78 is 25.4. The van der Waals surface area contributed by atoms with Crippen LogP contribution in [0.1, 0.15) is 16.8 Å². The molecule has 4 nitrogen and oxygen atoms in total. The van der Waals surface area contributed by atoms with Gasteiger partial charge in [0.1, 0.15) is 0 Å². The third kappa shape index (κ3) is 2.10. The molecule has 90 valence electrons. The summed E-state index contributed by atoms with van der Waals surface area (Å²) in [6, 6.07) is 6.74. The molecule has 0 spiro atoms. The van der Waals surface area contributed by atoms with Crippen LogP contribution < -0.4 is 0 Å². The van der Waals surface area contributed by atoms with Crippen molar-refractivity contribution in [2.24, 2.45) is 0 Å². The lowest BCUT2D eigenvalue weighted by Gasteiger charge is -2.06. The van der Waals surface area contributed by atoms with Crippen LogP contribution in [-0.4, -0.2) is 17.6 Å². The first kappa shape index (κ1) is 11.9. The minimum absolute atomic E-state index is 0.267. The van der Waals surface area contributed by atoms with Crippen LogP contribution in [0, 0.1) is 20.8 Å². The monoisotopic (exact) mass is 250 g/mol. The summed E-state index contributed by atoms with van der Waals surface area (Å²) in [5, 5.41) is 3.94. The largest absolute Gasteiger partial charge is 0.282 e.